The molecule has 0 aromatic carbocycles. The van der Waals surface area contributed by atoms with Crippen LogP contribution in [-0.4, -0.2) is 46.0 Å². The molecule has 0 unspecified atom stereocenters. The van der Waals surface area contributed by atoms with E-state index in [4.69, 9.17) is 0 Å². The largest absolute Gasteiger partial charge is 0.352 e. The Morgan fingerprint density at radius 2 is 1.92 bits per heavy atom. The Kier molecular flexibility index (Phi) is 6.51. The van der Waals surface area contributed by atoms with Gasteiger partial charge in [0, 0.05) is 30.9 Å². The van der Waals surface area contributed by atoms with Crippen molar-refractivity contribution in [1.82, 2.24) is 19.8 Å². The third-order valence-corrected chi connectivity index (χ3v) is 5.76. The van der Waals surface area contributed by atoms with Crippen molar-refractivity contribution in [3.05, 3.63) is 18.2 Å². The van der Waals surface area contributed by atoms with E-state index in [1.807, 2.05) is 6.20 Å². The number of carbonyl (C=O) groups excluding carboxylic acids is 1. The van der Waals surface area contributed by atoms with E-state index in [9.17, 15) is 4.79 Å². The molecule has 140 valence electrons. The van der Waals surface area contributed by atoms with E-state index in [1.54, 1.807) is 0 Å². The van der Waals surface area contributed by atoms with Gasteiger partial charge in [-0.15, -0.1) is 0 Å². The predicted molar refractivity (Wildman–Crippen MR) is 100 cm³/mol. The average molecular weight is 347 g/mol. The Hall–Kier alpha value is -1.36. The number of imidazole rings is 1. The zero-order valence-corrected chi connectivity index (χ0v) is 15.9. The van der Waals surface area contributed by atoms with Crippen LogP contribution in [0.4, 0.5) is 0 Å². The highest BCUT2D eigenvalue weighted by Crippen LogP contribution is 2.22. The van der Waals surface area contributed by atoms with E-state index in [1.165, 1.54) is 37.9 Å². The second-order valence-electron chi connectivity index (χ2n) is 8.21. The van der Waals surface area contributed by atoms with Crippen LogP contribution in [0.15, 0.2) is 12.4 Å². The van der Waals surface area contributed by atoms with Crippen molar-refractivity contribution in [3.8, 4) is 0 Å². The van der Waals surface area contributed by atoms with E-state index >= 15 is 0 Å². The summed E-state index contributed by atoms with van der Waals surface area (Å²) < 4.78 is 2.32. The summed E-state index contributed by atoms with van der Waals surface area (Å²) in [5.74, 6) is 2.58. The van der Waals surface area contributed by atoms with Crippen molar-refractivity contribution in [3.63, 3.8) is 0 Å². The summed E-state index contributed by atoms with van der Waals surface area (Å²) in [5.41, 5.74) is 0. The first kappa shape index (κ1) is 18.4. The average Bonchev–Trinajstić information content (AvgIpc) is 3.06. The van der Waals surface area contributed by atoms with E-state index in [2.05, 4.69) is 39.8 Å². The lowest BCUT2D eigenvalue weighted by molar-refractivity contribution is -0.123. The number of aromatic nitrogens is 2. The fraction of sp³-hybridized carbons (Fsp3) is 0.800. The minimum atomic E-state index is 0.224. The zero-order chi connectivity index (χ0) is 17.6. The molecular formula is C20H34N4O. The summed E-state index contributed by atoms with van der Waals surface area (Å²) >= 11 is 0. The van der Waals surface area contributed by atoms with Crippen LogP contribution in [-0.2, 0) is 11.3 Å². The van der Waals surface area contributed by atoms with Crippen molar-refractivity contribution >= 4 is 5.91 Å². The molecule has 2 heterocycles. The highest BCUT2D eigenvalue weighted by Gasteiger charge is 2.23. The minimum absolute atomic E-state index is 0.224. The molecule has 3 rings (SSSR count). The summed E-state index contributed by atoms with van der Waals surface area (Å²) in [7, 11) is 0. The number of hydrogen-bond donors (Lipinski definition) is 1. The molecule has 25 heavy (non-hydrogen) atoms. The number of nitrogens with one attached hydrogen (secondary N) is 1. The Morgan fingerprint density at radius 3 is 2.60 bits per heavy atom. The molecular weight excluding hydrogens is 312 g/mol. The zero-order valence-electron chi connectivity index (χ0n) is 15.9. The van der Waals surface area contributed by atoms with Gasteiger partial charge < -0.3 is 9.88 Å². The Morgan fingerprint density at radius 1 is 1.20 bits per heavy atom. The van der Waals surface area contributed by atoms with Gasteiger partial charge in [0.15, 0.2) is 0 Å². The highest BCUT2D eigenvalue weighted by molar-refractivity contribution is 5.78. The third-order valence-electron chi connectivity index (χ3n) is 5.76. The van der Waals surface area contributed by atoms with Gasteiger partial charge >= 0.3 is 0 Å². The molecule has 5 heteroatoms. The molecule has 5 nitrogen and oxygen atoms in total. The lowest BCUT2D eigenvalue weighted by atomic mass is 9.95. The second kappa shape index (κ2) is 8.84. The van der Waals surface area contributed by atoms with Gasteiger partial charge in [-0.05, 0) is 44.7 Å². The lowest BCUT2D eigenvalue weighted by Crippen LogP contribution is -2.45. The summed E-state index contributed by atoms with van der Waals surface area (Å²) in [6.07, 6.45) is 12.6. The number of hydrogen-bond acceptors (Lipinski definition) is 3. The molecule has 1 aliphatic heterocycles. The molecule has 0 spiro atoms. The molecule has 0 atom stereocenters. The summed E-state index contributed by atoms with van der Waals surface area (Å²) in [5, 5.41) is 3.24. The van der Waals surface area contributed by atoms with Gasteiger partial charge in [0.05, 0.1) is 6.54 Å². The van der Waals surface area contributed by atoms with Crippen LogP contribution in [0.25, 0.3) is 0 Å². The van der Waals surface area contributed by atoms with Crippen LogP contribution in [0, 0.1) is 5.92 Å². The van der Waals surface area contributed by atoms with Gasteiger partial charge in [-0.2, -0.15) is 0 Å². The molecule has 1 aromatic rings. The van der Waals surface area contributed by atoms with E-state index in [0.29, 0.717) is 24.4 Å². The number of nitrogens with zero attached hydrogens (tertiary/aromatic N) is 3. The maximum Gasteiger partial charge on any atom is 0.234 e. The van der Waals surface area contributed by atoms with Gasteiger partial charge in [-0.25, -0.2) is 4.98 Å². The fourth-order valence-corrected chi connectivity index (χ4v) is 4.30. The van der Waals surface area contributed by atoms with Crippen molar-refractivity contribution < 1.29 is 4.79 Å². The van der Waals surface area contributed by atoms with Gasteiger partial charge in [-0.1, -0.05) is 33.1 Å². The van der Waals surface area contributed by atoms with Gasteiger partial charge in [-0.3, -0.25) is 9.69 Å². The van der Waals surface area contributed by atoms with Crippen LogP contribution in [0.3, 0.4) is 0 Å². The first-order valence-electron chi connectivity index (χ1n) is 10.1. The summed E-state index contributed by atoms with van der Waals surface area (Å²) in [4.78, 5) is 19.1. The van der Waals surface area contributed by atoms with Gasteiger partial charge in [0.1, 0.15) is 5.82 Å². The summed E-state index contributed by atoms with van der Waals surface area (Å²) in [6.45, 7) is 8.11. The molecule has 2 aliphatic rings. The monoisotopic (exact) mass is 346 g/mol. The lowest BCUT2D eigenvalue weighted by Gasteiger charge is -2.32. The molecule has 1 saturated heterocycles. The highest BCUT2D eigenvalue weighted by atomic mass is 16.2. The second-order valence-corrected chi connectivity index (χ2v) is 8.21. The molecule has 1 aliphatic carbocycles. The smallest absolute Gasteiger partial charge is 0.234 e. The molecule has 1 aromatic heterocycles. The van der Waals surface area contributed by atoms with Crippen molar-refractivity contribution in [1.29, 1.82) is 0 Å². The molecule has 1 amide bonds. The standard InChI is InChI=1S/C20H34N4O/c1-16(2)20-21-10-13-24(20)14-17-8-11-23(12-9-17)15-19(25)22-18-6-4-3-5-7-18/h10,13,16-18H,3-9,11-12,14-15H2,1-2H3,(H,22,25). The first-order valence-corrected chi connectivity index (χ1v) is 10.1. The Balaban J connectivity index is 1.39. The SMILES string of the molecule is CC(C)c1nccn1CC1CCN(CC(=O)NC2CCCCC2)CC1. The normalized spacial score (nSPS) is 20.9. The van der Waals surface area contributed by atoms with Crippen molar-refractivity contribution in [2.45, 2.75) is 77.3 Å². The number of carbonyl (C=O) groups is 1. The quantitative estimate of drug-likeness (QED) is 0.861. The number of likely N-dealkylation sites (tertiary alicyclic amines) is 1. The van der Waals surface area contributed by atoms with Crippen molar-refractivity contribution in [2.24, 2.45) is 5.92 Å². The number of piperidine rings is 1. The maximum atomic E-state index is 12.3. The van der Waals surface area contributed by atoms with Crippen LogP contribution >= 0.6 is 0 Å². The first-order chi connectivity index (χ1) is 12.1. The molecule has 0 radical (unpaired) electrons. The maximum absolute atomic E-state index is 12.3. The van der Waals surface area contributed by atoms with E-state index in [-0.39, 0.29) is 5.91 Å². The van der Waals surface area contributed by atoms with Gasteiger partial charge in [0.2, 0.25) is 5.91 Å². The molecule has 1 N–H and O–H groups in total. The van der Waals surface area contributed by atoms with E-state index in [0.717, 1.165) is 32.5 Å². The van der Waals surface area contributed by atoms with E-state index < -0.39 is 0 Å². The summed E-state index contributed by atoms with van der Waals surface area (Å²) in [6, 6.07) is 0.425. The van der Waals surface area contributed by atoms with Crippen LogP contribution in [0.2, 0.25) is 0 Å². The number of amides is 1. The number of rotatable bonds is 6. The van der Waals surface area contributed by atoms with Gasteiger partial charge in [0.25, 0.3) is 0 Å². The van der Waals surface area contributed by atoms with Crippen LogP contribution in [0.5, 0.6) is 0 Å². The minimum Gasteiger partial charge on any atom is -0.352 e. The molecule has 2 fully saturated rings. The Bertz CT molecular complexity index is 540. The Labute approximate surface area is 152 Å². The fourth-order valence-electron chi connectivity index (χ4n) is 4.30. The van der Waals surface area contributed by atoms with Crippen LogP contribution in [0.1, 0.15) is 70.5 Å². The molecule has 1 saturated carbocycles. The predicted octanol–water partition coefficient (Wildman–Crippen LogP) is 3.17. The third kappa shape index (κ3) is 5.30. The molecule has 0 bridgehead atoms. The van der Waals surface area contributed by atoms with Crippen LogP contribution < -0.4 is 5.32 Å². The van der Waals surface area contributed by atoms with Crippen molar-refractivity contribution in [2.75, 3.05) is 19.6 Å². The topological polar surface area (TPSA) is 50.2 Å².